The van der Waals surface area contributed by atoms with Gasteiger partial charge in [0.15, 0.2) is 0 Å². The van der Waals surface area contributed by atoms with Crippen molar-refractivity contribution in [3.8, 4) is 5.75 Å². The van der Waals surface area contributed by atoms with Gasteiger partial charge in [-0.3, -0.25) is 0 Å². The third-order valence-corrected chi connectivity index (χ3v) is 2.75. The van der Waals surface area contributed by atoms with Crippen LogP contribution in [0.3, 0.4) is 0 Å². The molecule has 3 heteroatoms. The van der Waals surface area contributed by atoms with Crippen molar-refractivity contribution in [1.29, 1.82) is 0 Å². The summed E-state index contributed by atoms with van der Waals surface area (Å²) in [5.74, 6) is -0.162. The predicted molar refractivity (Wildman–Crippen MR) is 72.3 cm³/mol. The molecule has 0 amide bonds. The van der Waals surface area contributed by atoms with Gasteiger partial charge in [0.25, 0.3) is 0 Å². The molecule has 0 heterocycles. The minimum atomic E-state index is -0.900. The van der Waals surface area contributed by atoms with E-state index in [9.17, 15) is 4.79 Å². The van der Waals surface area contributed by atoms with Gasteiger partial charge in [-0.25, -0.2) is 4.79 Å². The highest BCUT2D eigenvalue weighted by molar-refractivity contribution is 5.89. The molecule has 3 nitrogen and oxygen atoms in total. The highest BCUT2D eigenvalue weighted by Gasteiger charge is 2.07. The van der Waals surface area contributed by atoms with Crippen molar-refractivity contribution in [2.45, 2.75) is 32.6 Å². The third kappa shape index (κ3) is 4.62. The van der Waals surface area contributed by atoms with Crippen molar-refractivity contribution in [2.75, 3.05) is 6.61 Å². The molecule has 0 saturated heterocycles. The Balaban J connectivity index is 2.37. The quantitative estimate of drug-likeness (QED) is 0.562. The Morgan fingerprint density at radius 2 is 2.17 bits per heavy atom. The number of ether oxygens (including phenoxy) is 1. The lowest BCUT2D eigenvalue weighted by atomic mass is 10.1. The first-order chi connectivity index (χ1) is 8.65. The number of aryl methyl sites for hydroxylation is 1. The molecule has 0 radical (unpaired) electrons. The fraction of sp³-hybridized carbons (Fsp3) is 0.400. The Kier molecular flexibility index (Phi) is 5.98. The van der Waals surface area contributed by atoms with Crippen LogP contribution in [0.5, 0.6) is 5.75 Å². The molecule has 0 aliphatic rings. The zero-order chi connectivity index (χ0) is 13.4. The lowest BCUT2D eigenvalue weighted by Crippen LogP contribution is -2.01. The molecule has 0 aliphatic carbocycles. The van der Waals surface area contributed by atoms with E-state index >= 15 is 0 Å². The van der Waals surface area contributed by atoms with Gasteiger partial charge in [-0.2, -0.15) is 0 Å². The van der Waals surface area contributed by atoms with Crippen molar-refractivity contribution in [3.05, 3.63) is 42.0 Å². The Labute approximate surface area is 108 Å². The monoisotopic (exact) mass is 248 g/mol. The SMILES string of the molecule is C=CCCCCCOc1ccc(C(=O)O)c(C)c1. The average molecular weight is 248 g/mol. The van der Waals surface area contributed by atoms with Gasteiger partial charge >= 0.3 is 5.97 Å². The highest BCUT2D eigenvalue weighted by atomic mass is 16.5. The molecule has 0 unspecified atom stereocenters. The molecule has 0 atom stereocenters. The van der Waals surface area contributed by atoms with Gasteiger partial charge in [0.05, 0.1) is 12.2 Å². The second kappa shape index (κ2) is 7.54. The number of hydrogen-bond acceptors (Lipinski definition) is 2. The lowest BCUT2D eigenvalue weighted by Gasteiger charge is -2.08. The van der Waals surface area contributed by atoms with E-state index in [1.807, 2.05) is 6.08 Å². The zero-order valence-corrected chi connectivity index (χ0v) is 10.8. The van der Waals surface area contributed by atoms with Gasteiger partial charge in [-0.05, 0) is 56.4 Å². The summed E-state index contributed by atoms with van der Waals surface area (Å²) in [5, 5.41) is 8.90. The number of aromatic carboxylic acids is 1. The van der Waals surface area contributed by atoms with Crippen LogP contribution >= 0.6 is 0 Å². The summed E-state index contributed by atoms with van der Waals surface area (Å²) >= 11 is 0. The summed E-state index contributed by atoms with van der Waals surface area (Å²) in [7, 11) is 0. The number of carbonyl (C=O) groups is 1. The van der Waals surface area contributed by atoms with E-state index in [-0.39, 0.29) is 0 Å². The zero-order valence-electron chi connectivity index (χ0n) is 10.8. The van der Waals surface area contributed by atoms with Crippen LogP contribution in [0.15, 0.2) is 30.9 Å². The molecule has 0 fully saturated rings. The standard InChI is InChI=1S/C15H20O3/c1-3-4-5-6-7-10-18-13-8-9-14(15(16)17)12(2)11-13/h3,8-9,11H,1,4-7,10H2,2H3,(H,16,17). The molecule has 1 rings (SSSR count). The van der Waals surface area contributed by atoms with E-state index in [0.717, 1.165) is 37.0 Å². The second-order valence-corrected chi connectivity index (χ2v) is 4.27. The first-order valence-corrected chi connectivity index (χ1v) is 6.23. The summed E-state index contributed by atoms with van der Waals surface area (Å²) in [6, 6.07) is 5.07. The normalized spacial score (nSPS) is 10.1. The second-order valence-electron chi connectivity index (χ2n) is 4.27. The molecule has 1 N–H and O–H groups in total. The maximum Gasteiger partial charge on any atom is 0.335 e. The molecule has 1 aromatic rings. The van der Waals surface area contributed by atoms with Crippen molar-refractivity contribution < 1.29 is 14.6 Å². The molecule has 0 aromatic heterocycles. The van der Waals surface area contributed by atoms with E-state index in [1.54, 1.807) is 25.1 Å². The van der Waals surface area contributed by atoms with Gasteiger partial charge < -0.3 is 9.84 Å². The Hall–Kier alpha value is -1.77. The number of carboxylic acid groups (broad SMARTS) is 1. The van der Waals surface area contributed by atoms with Crippen molar-refractivity contribution in [3.63, 3.8) is 0 Å². The smallest absolute Gasteiger partial charge is 0.335 e. The molecule has 0 bridgehead atoms. The third-order valence-electron chi connectivity index (χ3n) is 2.75. The van der Waals surface area contributed by atoms with Gasteiger partial charge in [0.2, 0.25) is 0 Å². The summed E-state index contributed by atoms with van der Waals surface area (Å²) in [6.45, 7) is 6.13. The van der Waals surface area contributed by atoms with Gasteiger partial charge in [-0.15, -0.1) is 6.58 Å². The fourth-order valence-electron chi connectivity index (χ4n) is 1.72. The van der Waals surface area contributed by atoms with Crippen molar-refractivity contribution >= 4 is 5.97 Å². The van der Waals surface area contributed by atoms with Crippen LogP contribution in [0.1, 0.15) is 41.6 Å². The Bertz CT molecular complexity index is 410. The highest BCUT2D eigenvalue weighted by Crippen LogP contribution is 2.17. The average Bonchev–Trinajstić information content (AvgIpc) is 2.33. The maximum absolute atomic E-state index is 10.8. The predicted octanol–water partition coefficient (Wildman–Crippen LogP) is 3.82. The minimum Gasteiger partial charge on any atom is -0.494 e. The first kappa shape index (κ1) is 14.3. The van der Waals surface area contributed by atoms with Crippen molar-refractivity contribution in [2.24, 2.45) is 0 Å². The number of benzene rings is 1. The van der Waals surface area contributed by atoms with E-state index in [1.165, 1.54) is 0 Å². The summed E-state index contributed by atoms with van der Waals surface area (Å²) < 4.78 is 5.58. The van der Waals surface area contributed by atoms with Crippen LogP contribution in [-0.4, -0.2) is 17.7 Å². The molecular formula is C15H20O3. The van der Waals surface area contributed by atoms with Gasteiger partial charge in [0, 0.05) is 0 Å². The lowest BCUT2D eigenvalue weighted by molar-refractivity contribution is 0.0696. The van der Waals surface area contributed by atoms with Crippen LogP contribution in [-0.2, 0) is 0 Å². The molecule has 18 heavy (non-hydrogen) atoms. The van der Waals surface area contributed by atoms with Crippen LogP contribution in [0, 0.1) is 6.92 Å². The van der Waals surface area contributed by atoms with E-state index in [4.69, 9.17) is 9.84 Å². The molecule has 98 valence electrons. The molecule has 0 aliphatic heterocycles. The Morgan fingerprint density at radius 1 is 1.39 bits per heavy atom. The molecule has 0 spiro atoms. The summed E-state index contributed by atoms with van der Waals surface area (Å²) in [5.41, 5.74) is 1.06. The van der Waals surface area contributed by atoms with Gasteiger partial charge in [-0.1, -0.05) is 6.08 Å². The van der Waals surface area contributed by atoms with Crippen LogP contribution in [0.25, 0.3) is 0 Å². The van der Waals surface area contributed by atoms with E-state index < -0.39 is 5.97 Å². The van der Waals surface area contributed by atoms with E-state index in [2.05, 4.69) is 6.58 Å². The number of hydrogen-bond donors (Lipinski definition) is 1. The molecular weight excluding hydrogens is 228 g/mol. The first-order valence-electron chi connectivity index (χ1n) is 6.23. The van der Waals surface area contributed by atoms with Crippen LogP contribution in [0.4, 0.5) is 0 Å². The maximum atomic E-state index is 10.8. The molecule has 1 aromatic carbocycles. The number of allylic oxidation sites excluding steroid dienone is 1. The van der Waals surface area contributed by atoms with Crippen LogP contribution < -0.4 is 4.74 Å². The number of carboxylic acids is 1. The molecule has 0 saturated carbocycles. The largest absolute Gasteiger partial charge is 0.494 e. The van der Waals surface area contributed by atoms with E-state index in [0.29, 0.717) is 12.2 Å². The summed E-state index contributed by atoms with van der Waals surface area (Å²) in [6.07, 6.45) is 6.25. The van der Waals surface area contributed by atoms with Crippen molar-refractivity contribution in [1.82, 2.24) is 0 Å². The number of unbranched alkanes of at least 4 members (excludes halogenated alkanes) is 3. The number of rotatable bonds is 8. The Morgan fingerprint density at radius 3 is 2.78 bits per heavy atom. The minimum absolute atomic E-state index is 0.327. The fourth-order valence-corrected chi connectivity index (χ4v) is 1.72. The van der Waals surface area contributed by atoms with Gasteiger partial charge in [0.1, 0.15) is 5.75 Å². The topological polar surface area (TPSA) is 46.5 Å². The summed E-state index contributed by atoms with van der Waals surface area (Å²) in [4.78, 5) is 10.8. The van der Waals surface area contributed by atoms with Crippen LogP contribution in [0.2, 0.25) is 0 Å².